The Labute approximate surface area is 308 Å². The third-order valence-corrected chi connectivity index (χ3v) is 11.1. The zero-order chi connectivity index (χ0) is 35.0. The van der Waals surface area contributed by atoms with Crippen molar-refractivity contribution in [1.29, 1.82) is 0 Å². The number of aromatic nitrogens is 1. The van der Waals surface area contributed by atoms with E-state index in [2.05, 4.69) is 199 Å². The van der Waals surface area contributed by atoms with Gasteiger partial charge in [0.1, 0.15) is 0 Å². The lowest BCUT2D eigenvalue weighted by atomic mass is 9.92. The van der Waals surface area contributed by atoms with E-state index in [9.17, 15) is 0 Å². The van der Waals surface area contributed by atoms with Crippen LogP contribution in [0.25, 0.3) is 64.5 Å². The van der Waals surface area contributed by atoms with E-state index < -0.39 is 0 Å². The van der Waals surface area contributed by atoms with Crippen molar-refractivity contribution >= 4 is 70.4 Å². The second kappa shape index (κ2) is 13.4. The third-order valence-electron chi connectivity index (χ3n) is 9.92. The monoisotopic (exact) mass is 684 g/mol. The van der Waals surface area contributed by atoms with Crippen LogP contribution in [0.4, 0.5) is 11.4 Å². The summed E-state index contributed by atoms with van der Waals surface area (Å²) in [6, 6.07) is 58.7. The predicted octanol–water partition coefficient (Wildman–Crippen LogP) is 14.0. The molecule has 52 heavy (non-hydrogen) atoms. The Kier molecular flexibility index (Phi) is 8.11. The topological polar surface area (TPSA) is 8.17 Å². The van der Waals surface area contributed by atoms with Crippen LogP contribution in [0.15, 0.2) is 195 Å². The molecule has 0 fully saturated rings. The molecule has 0 aliphatic carbocycles. The molecule has 2 nitrogen and oxygen atoms in total. The minimum Gasteiger partial charge on any atom is -0.309 e. The molecule has 0 bridgehead atoms. The summed E-state index contributed by atoms with van der Waals surface area (Å²) < 4.78 is 5.15. The number of rotatable bonds is 5. The molecule has 0 saturated carbocycles. The maximum Gasteiger partial charge on any atom is 0.0555 e. The number of benzene rings is 7. The van der Waals surface area contributed by atoms with Crippen molar-refractivity contribution in [3.63, 3.8) is 0 Å². The van der Waals surface area contributed by atoms with Gasteiger partial charge in [-0.25, -0.2) is 0 Å². The lowest BCUT2D eigenvalue weighted by Crippen LogP contribution is -2.26. The van der Waals surface area contributed by atoms with E-state index in [1.54, 1.807) is 0 Å². The lowest BCUT2D eigenvalue weighted by Gasteiger charge is -2.39. The molecule has 248 valence electrons. The number of fused-ring (bicyclic) bond motifs is 7. The minimum absolute atomic E-state index is 1.17. The molecule has 10 rings (SSSR count). The van der Waals surface area contributed by atoms with Crippen molar-refractivity contribution < 1.29 is 0 Å². The first-order valence-corrected chi connectivity index (χ1v) is 18.5. The van der Waals surface area contributed by atoms with E-state index in [-0.39, 0.29) is 0 Å². The molecule has 0 radical (unpaired) electrons. The van der Waals surface area contributed by atoms with E-state index in [0.717, 1.165) is 0 Å². The molecule has 3 heterocycles. The van der Waals surface area contributed by atoms with Crippen molar-refractivity contribution in [2.75, 3.05) is 4.90 Å². The molecule has 2 aromatic heterocycles. The van der Waals surface area contributed by atoms with Crippen LogP contribution in [-0.4, -0.2) is 4.57 Å². The quantitative estimate of drug-likeness (QED) is 0.164. The van der Waals surface area contributed by atoms with Gasteiger partial charge in [-0.2, -0.15) is 0 Å². The van der Waals surface area contributed by atoms with Gasteiger partial charge in [0.25, 0.3) is 0 Å². The number of aryl methyl sites for hydroxylation is 1. The second-order valence-electron chi connectivity index (χ2n) is 13.0. The SMILES string of the molecule is C=C/C=C\C=C1\c2cc(-c3ccc4c(c3)c3ccccc3n4-c3ccccc3C)ccc2N1c1ccccc1.c1ccc2c(c1)sc1ccccc12. The Bertz CT molecular complexity index is 2780. The van der Waals surface area contributed by atoms with Crippen LogP contribution in [0, 0.1) is 6.92 Å². The van der Waals surface area contributed by atoms with Gasteiger partial charge in [0.05, 0.1) is 22.4 Å². The second-order valence-corrected chi connectivity index (χ2v) is 14.1. The zero-order valence-corrected chi connectivity index (χ0v) is 29.7. The molecule has 3 heteroatoms. The van der Waals surface area contributed by atoms with Crippen molar-refractivity contribution in [1.82, 2.24) is 4.57 Å². The summed E-state index contributed by atoms with van der Waals surface area (Å²) in [6.07, 6.45) is 8.00. The van der Waals surface area contributed by atoms with Gasteiger partial charge in [0, 0.05) is 47.9 Å². The first-order valence-electron chi connectivity index (χ1n) is 17.6. The molecule has 0 unspecified atom stereocenters. The molecular weight excluding hydrogens is 649 g/mol. The van der Waals surface area contributed by atoms with Crippen molar-refractivity contribution in [2.45, 2.75) is 6.92 Å². The summed E-state index contributed by atoms with van der Waals surface area (Å²) in [6.45, 7) is 6.00. The maximum atomic E-state index is 3.82. The fraction of sp³-hybridized carbons (Fsp3) is 0.0204. The first-order chi connectivity index (χ1) is 25.7. The highest BCUT2D eigenvalue weighted by Crippen LogP contribution is 2.49. The maximum absolute atomic E-state index is 3.82. The number of hydrogen-bond acceptors (Lipinski definition) is 2. The summed E-state index contributed by atoms with van der Waals surface area (Å²) in [5.41, 5.74) is 12.2. The van der Waals surface area contributed by atoms with E-state index in [1.165, 1.54) is 87.0 Å². The number of anilines is 2. The van der Waals surface area contributed by atoms with E-state index in [1.807, 2.05) is 23.5 Å². The lowest BCUT2D eigenvalue weighted by molar-refractivity contribution is 1.15. The van der Waals surface area contributed by atoms with Gasteiger partial charge in [0.2, 0.25) is 0 Å². The van der Waals surface area contributed by atoms with E-state index in [4.69, 9.17) is 0 Å². The fourth-order valence-electron chi connectivity index (χ4n) is 7.46. The number of para-hydroxylation sites is 3. The summed E-state index contributed by atoms with van der Waals surface area (Å²) >= 11 is 1.86. The summed E-state index contributed by atoms with van der Waals surface area (Å²) in [5.74, 6) is 0. The van der Waals surface area contributed by atoms with Crippen LogP contribution >= 0.6 is 11.3 Å². The van der Waals surface area contributed by atoms with Gasteiger partial charge in [-0.05, 0) is 90.4 Å². The van der Waals surface area contributed by atoms with Gasteiger partial charge < -0.3 is 9.47 Å². The number of allylic oxidation sites excluding steroid dienone is 4. The molecule has 0 N–H and O–H groups in total. The normalized spacial score (nSPS) is 13.1. The van der Waals surface area contributed by atoms with Crippen molar-refractivity contribution in [2.24, 2.45) is 0 Å². The van der Waals surface area contributed by atoms with E-state index >= 15 is 0 Å². The molecule has 7 aromatic carbocycles. The molecule has 0 saturated heterocycles. The molecule has 1 aliphatic heterocycles. The number of nitrogens with zero attached hydrogens (tertiary/aromatic N) is 2. The highest BCUT2D eigenvalue weighted by Gasteiger charge is 2.30. The van der Waals surface area contributed by atoms with Gasteiger partial charge in [-0.1, -0.05) is 128 Å². The van der Waals surface area contributed by atoms with Gasteiger partial charge in [-0.15, -0.1) is 11.3 Å². The standard InChI is InChI=1S/C37H28N2.C12H8S/c1-3-4-6-18-35-32-25-28(21-23-37(32)38(35)29-14-7-5-8-15-29)27-20-22-36-31(24-27)30-16-10-12-19-34(30)39(36)33-17-11-9-13-26(33)2;1-3-7-11-9(5-1)10-6-2-4-8-12(10)13-11/h3-25H,1H2,2H3;1-8H/b6-4-,35-18-;. The number of thiophene rings is 1. The van der Waals surface area contributed by atoms with Crippen molar-refractivity contribution in [3.05, 3.63) is 206 Å². The Balaban J connectivity index is 0.000000231. The Morgan fingerprint density at radius 2 is 1.13 bits per heavy atom. The highest BCUT2D eigenvalue weighted by molar-refractivity contribution is 7.25. The first kappa shape index (κ1) is 31.6. The predicted molar refractivity (Wildman–Crippen MR) is 226 cm³/mol. The molecular formula is C49H36N2S. The van der Waals surface area contributed by atoms with Crippen LogP contribution in [0.5, 0.6) is 0 Å². The van der Waals surface area contributed by atoms with Crippen LogP contribution in [0.1, 0.15) is 11.1 Å². The number of hydrogen-bond donors (Lipinski definition) is 0. The zero-order valence-electron chi connectivity index (χ0n) is 28.9. The van der Waals surface area contributed by atoms with Crippen LogP contribution in [0.3, 0.4) is 0 Å². The molecule has 0 atom stereocenters. The van der Waals surface area contributed by atoms with Crippen LogP contribution in [0.2, 0.25) is 0 Å². The summed E-state index contributed by atoms with van der Waals surface area (Å²) in [5, 5.41) is 5.29. The molecule has 1 aliphatic rings. The average Bonchev–Trinajstić information content (AvgIpc) is 3.73. The summed E-state index contributed by atoms with van der Waals surface area (Å²) in [7, 11) is 0. The average molecular weight is 685 g/mol. The Morgan fingerprint density at radius 3 is 1.88 bits per heavy atom. The largest absolute Gasteiger partial charge is 0.309 e. The van der Waals surface area contributed by atoms with Gasteiger partial charge >= 0.3 is 0 Å². The fourth-order valence-corrected chi connectivity index (χ4v) is 8.56. The van der Waals surface area contributed by atoms with E-state index in [0.29, 0.717) is 0 Å². The molecule has 0 amide bonds. The van der Waals surface area contributed by atoms with Gasteiger partial charge in [0.15, 0.2) is 0 Å². The molecule has 0 spiro atoms. The molecule has 9 aromatic rings. The Hall–Kier alpha value is -6.42. The van der Waals surface area contributed by atoms with Crippen molar-refractivity contribution in [3.8, 4) is 16.8 Å². The summed E-state index contributed by atoms with van der Waals surface area (Å²) in [4.78, 5) is 2.31. The van der Waals surface area contributed by atoms with Crippen LogP contribution in [-0.2, 0) is 0 Å². The smallest absolute Gasteiger partial charge is 0.0555 e. The van der Waals surface area contributed by atoms with Crippen LogP contribution < -0.4 is 4.90 Å². The minimum atomic E-state index is 1.17. The van der Waals surface area contributed by atoms with Gasteiger partial charge in [-0.3, -0.25) is 0 Å². The third kappa shape index (κ3) is 5.43. The Morgan fingerprint density at radius 1 is 0.519 bits per heavy atom. The highest BCUT2D eigenvalue weighted by atomic mass is 32.1.